The third-order valence-corrected chi connectivity index (χ3v) is 3.06. The Kier molecular flexibility index (Phi) is 10.6. The van der Waals surface area contributed by atoms with Gasteiger partial charge in [-0.2, -0.15) is 0 Å². The normalized spacial score (nSPS) is 14.3. The van der Waals surface area contributed by atoms with Crippen LogP contribution in [0.15, 0.2) is 11.9 Å². The molecule has 0 aliphatic carbocycles. The maximum atomic E-state index is 11.8. The van der Waals surface area contributed by atoms with Gasteiger partial charge in [-0.1, -0.05) is 13.8 Å². The van der Waals surface area contributed by atoms with Gasteiger partial charge in [0.2, 0.25) is 0 Å². The van der Waals surface area contributed by atoms with Gasteiger partial charge in [-0.05, 0) is 0 Å². The number of ketones is 1. The van der Waals surface area contributed by atoms with Crippen molar-refractivity contribution in [2.45, 2.75) is 13.8 Å². The van der Waals surface area contributed by atoms with E-state index in [2.05, 4.69) is 11.0 Å². The van der Waals surface area contributed by atoms with E-state index in [-0.39, 0.29) is 11.7 Å². The van der Waals surface area contributed by atoms with E-state index in [9.17, 15) is 4.79 Å². The Morgan fingerprint density at radius 1 is 1.04 bits per heavy atom. The molecule has 0 aromatic carbocycles. The van der Waals surface area contributed by atoms with Gasteiger partial charge in [0.15, 0.2) is 5.78 Å². The molecule has 23 heavy (non-hydrogen) atoms. The second kappa shape index (κ2) is 12.3. The van der Waals surface area contributed by atoms with Gasteiger partial charge in [-0.3, -0.25) is 15.2 Å². The number of nitrogens with one attached hydrogen (secondary N) is 2. The number of Topliss-reactive ketones (excluding diaryl/α,β-unsaturated/α-hetero) is 1. The van der Waals surface area contributed by atoms with Crippen molar-refractivity contribution in [1.29, 1.82) is 0 Å². The SMILES string of the molecule is COCCOCCOCCOCCN1C=C(C(=O)C(C)C)NN1. The van der Waals surface area contributed by atoms with Crippen LogP contribution in [-0.4, -0.2) is 70.7 Å². The van der Waals surface area contributed by atoms with Crippen molar-refractivity contribution in [3.05, 3.63) is 11.9 Å². The molecule has 1 heterocycles. The van der Waals surface area contributed by atoms with Crippen LogP contribution in [0.3, 0.4) is 0 Å². The third kappa shape index (κ3) is 8.87. The molecule has 0 unspecified atom stereocenters. The van der Waals surface area contributed by atoms with Gasteiger partial charge in [-0.15, -0.1) is 5.53 Å². The van der Waals surface area contributed by atoms with Gasteiger partial charge in [0.25, 0.3) is 0 Å². The summed E-state index contributed by atoms with van der Waals surface area (Å²) in [5.74, 6) is 0.0596. The van der Waals surface area contributed by atoms with Crippen LogP contribution >= 0.6 is 0 Å². The predicted molar refractivity (Wildman–Crippen MR) is 85.2 cm³/mol. The molecule has 1 aliphatic heterocycles. The number of allylic oxidation sites excluding steroid dienone is 1. The van der Waals surface area contributed by atoms with Crippen molar-refractivity contribution >= 4 is 5.78 Å². The molecule has 1 rings (SSSR count). The van der Waals surface area contributed by atoms with Gasteiger partial charge in [0, 0.05) is 19.2 Å². The molecule has 1 aliphatic rings. The fourth-order valence-corrected chi connectivity index (χ4v) is 1.76. The number of hydrogen-bond acceptors (Lipinski definition) is 8. The van der Waals surface area contributed by atoms with Crippen LogP contribution in [0.5, 0.6) is 0 Å². The number of carbonyl (C=O) groups is 1. The molecule has 0 fully saturated rings. The summed E-state index contributed by atoms with van der Waals surface area (Å²) in [6.45, 7) is 8.29. The maximum Gasteiger partial charge on any atom is 0.184 e. The number of rotatable bonds is 14. The number of ether oxygens (including phenoxy) is 4. The van der Waals surface area contributed by atoms with Crippen LogP contribution in [0.1, 0.15) is 13.8 Å². The lowest BCUT2D eigenvalue weighted by atomic mass is 10.1. The fourth-order valence-electron chi connectivity index (χ4n) is 1.76. The standard InChI is InChI=1S/C15H29N3O5/c1-13(2)15(19)14-12-18(17-16-14)4-5-21-8-9-23-11-10-22-7-6-20-3/h12-13,16-17H,4-11H2,1-3H3. The van der Waals surface area contributed by atoms with Crippen molar-refractivity contribution in [2.75, 3.05) is 59.9 Å². The highest BCUT2D eigenvalue weighted by Gasteiger charge is 2.19. The molecule has 0 bridgehead atoms. The minimum atomic E-state index is -0.0256. The van der Waals surface area contributed by atoms with Crippen LogP contribution in [0, 0.1) is 5.92 Å². The molecule has 0 saturated heterocycles. The first-order valence-electron chi connectivity index (χ1n) is 7.91. The molecule has 0 atom stereocenters. The topological polar surface area (TPSA) is 81.3 Å². The molecule has 0 spiro atoms. The molecular weight excluding hydrogens is 302 g/mol. The van der Waals surface area contributed by atoms with E-state index in [0.717, 1.165) is 0 Å². The third-order valence-electron chi connectivity index (χ3n) is 3.06. The Balaban J connectivity index is 1.93. The minimum Gasteiger partial charge on any atom is -0.382 e. The van der Waals surface area contributed by atoms with E-state index in [1.807, 2.05) is 13.8 Å². The maximum absolute atomic E-state index is 11.8. The van der Waals surface area contributed by atoms with E-state index < -0.39 is 0 Å². The van der Waals surface area contributed by atoms with E-state index in [1.165, 1.54) is 0 Å². The van der Waals surface area contributed by atoms with E-state index in [0.29, 0.717) is 58.5 Å². The zero-order valence-corrected chi connectivity index (χ0v) is 14.3. The van der Waals surface area contributed by atoms with Crippen LogP contribution in [0.25, 0.3) is 0 Å². The lowest BCUT2D eigenvalue weighted by Gasteiger charge is -2.14. The van der Waals surface area contributed by atoms with Crippen molar-refractivity contribution in [3.63, 3.8) is 0 Å². The first-order valence-corrected chi connectivity index (χ1v) is 7.91. The molecule has 2 N–H and O–H groups in total. The van der Waals surface area contributed by atoms with Crippen LogP contribution in [-0.2, 0) is 23.7 Å². The van der Waals surface area contributed by atoms with Crippen LogP contribution in [0.4, 0.5) is 0 Å². The second-order valence-corrected chi connectivity index (χ2v) is 5.32. The lowest BCUT2D eigenvalue weighted by Crippen LogP contribution is -2.39. The average molecular weight is 331 g/mol. The largest absolute Gasteiger partial charge is 0.382 e. The summed E-state index contributed by atoms with van der Waals surface area (Å²) < 4.78 is 21.0. The highest BCUT2D eigenvalue weighted by Crippen LogP contribution is 2.07. The van der Waals surface area contributed by atoms with Crippen LogP contribution < -0.4 is 11.0 Å². The summed E-state index contributed by atoms with van der Waals surface area (Å²) in [5.41, 5.74) is 6.35. The molecule has 8 nitrogen and oxygen atoms in total. The fraction of sp³-hybridized carbons (Fsp3) is 0.800. The Labute approximate surface area is 138 Å². The summed E-state index contributed by atoms with van der Waals surface area (Å²) in [6.07, 6.45) is 1.76. The summed E-state index contributed by atoms with van der Waals surface area (Å²) in [5, 5.41) is 1.79. The minimum absolute atomic E-state index is 0.0256. The molecular formula is C15H29N3O5. The van der Waals surface area contributed by atoms with Crippen molar-refractivity contribution in [3.8, 4) is 0 Å². The monoisotopic (exact) mass is 331 g/mol. The highest BCUT2D eigenvalue weighted by atomic mass is 16.6. The summed E-state index contributed by atoms with van der Waals surface area (Å²) in [4.78, 5) is 11.8. The average Bonchev–Trinajstić information content (AvgIpc) is 3.00. The van der Waals surface area contributed by atoms with Gasteiger partial charge in [0.1, 0.15) is 5.70 Å². The Morgan fingerprint density at radius 2 is 1.61 bits per heavy atom. The van der Waals surface area contributed by atoms with E-state index in [4.69, 9.17) is 18.9 Å². The van der Waals surface area contributed by atoms with Crippen molar-refractivity contribution in [1.82, 2.24) is 16.0 Å². The molecule has 0 saturated carbocycles. The van der Waals surface area contributed by atoms with Gasteiger partial charge in [0.05, 0.1) is 52.8 Å². The molecule has 0 amide bonds. The molecule has 8 heteroatoms. The summed E-state index contributed by atoms with van der Waals surface area (Å²) in [7, 11) is 1.64. The Hall–Kier alpha value is -1.19. The second-order valence-electron chi connectivity index (χ2n) is 5.32. The number of hydrogen-bond donors (Lipinski definition) is 2. The predicted octanol–water partition coefficient (Wildman–Crippen LogP) is 0.0739. The number of carbonyl (C=O) groups excluding carboxylic acids is 1. The zero-order valence-electron chi connectivity index (χ0n) is 14.3. The number of nitrogens with zero attached hydrogens (tertiary/aromatic N) is 1. The Bertz CT molecular complexity index is 363. The number of hydrazine groups is 2. The summed E-state index contributed by atoms with van der Waals surface area (Å²) in [6, 6.07) is 0. The molecule has 134 valence electrons. The van der Waals surface area contributed by atoms with E-state index in [1.54, 1.807) is 18.3 Å². The number of methoxy groups -OCH3 is 1. The smallest absolute Gasteiger partial charge is 0.184 e. The highest BCUT2D eigenvalue weighted by molar-refractivity contribution is 5.96. The van der Waals surface area contributed by atoms with Crippen molar-refractivity contribution < 1.29 is 23.7 Å². The van der Waals surface area contributed by atoms with Crippen molar-refractivity contribution in [2.24, 2.45) is 5.92 Å². The molecule has 0 aromatic rings. The van der Waals surface area contributed by atoms with E-state index >= 15 is 0 Å². The van der Waals surface area contributed by atoms with Gasteiger partial charge >= 0.3 is 0 Å². The first kappa shape index (κ1) is 19.9. The van der Waals surface area contributed by atoms with Gasteiger partial charge in [-0.25, -0.2) is 0 Å². The molecule has 0 aromatic heterocycles. The molecule has 0 radical (unpaired) electrons. The quantitative estimate of drug-likeness (QED) is 0.433. The lowest BCUT2D eigenvalue weighted by molar-refractivity contribution is -0.118. The summed E-state index contributed by atoms with van der Waals surface area (Å²) >= 11 is 0. The van der Waals surface area contributed by atoms with Gasteiger partial charge < -0.3 is 18.9 Å². The Morgan fingerprint density at radius 3 is 2.17 bits per heavy atom. The van der Waals surface area contributed by atoms with Crippen LogP contribution in [0.2, 0.25) is 0 Å². The first-order chi connectivity index (χ1) is 11.1. The zero-order chi connectivity index (χ0) is 16.9.